The number of benzene rings is 1. The van der Waals surface area contributed by atoms with Crippen molar-refractivity contribution < 1.29 is 19.0 Å². The molecule has 5 heteroatoms. The van der Waals surface area contributed by atoms with E-state index in [0.717, 1.165) is 17.7 Å². The Morgan fingerprint density at radius 2 is 1.95 bits per heavy atom. The van der Waals surface area contributed by atoms with Crippen LogP contribution in [0.4, 0.5) is 0 Å². The summed E-state index contributed by atoms with van der Waals surface area (Å²) < 4.78 is 15.0. The van der Waals surface area contributed by atoms with Gasteiger partial charge in [0.25, 0.3) is 0 Å². The van der Waals surface area contributed by atoms with Crippen LogP contribution in [0.25, 0.3) is 6.08 Å². The van der Waals surface area contributed by atoms with Crippen molar-refractivity contribution in [2.45, 2.75) is 6.42 Å². The lowest BCUT2D eigenvalue weighted by Crippen LogP contribution is -2.22. The van der Waals surface area contributed by atoms with Crippen molar-refractivity contribution in [1.29, 1.82) is 0 Å². The molecular formula is C15H21NO4. The van der Waals surface area contributed by atoms with Gasteiger partial charge in [-0.05, 0) is 30.2 Å². The van der Waals surface area contributed by atoms with E-state index in [1.165, 1.54) is 6.08 Å². The molecule has 0 saturated carbocycles. The summed E-state index contributed by atoms with van der Waals surface area (Å²) in [6, 6.07) is 7.41. The molecule has 0 unspecified atom stereocenters. The average molecular weight is 279 g/mol. The van der Waals surface area contributed by atoms with Gasteiger partial charge in [-0.15, -0.1) is 0 Å². The molecule has 110 valence electrons. The maximum atomic E-state index is 11.5. The molecule has 20 heavy (non-hydrogen) atoms. The first-order chi connectivity index (χ1) is 9.76. The Labute approximate surface area is 119 Å². The van der Waals surface area contributed by atoms with Gasteiger partial charge in [0.05, 0.1) is 0 Å². The summed E-state index contributed by atoms with van der Waals surface area (Å²) in [5, 5.41) is 2.78. The normalized spacial score (nSPS) is 10.7. The second-order valence-electron chi connectivity index (χ2n) is 4.09. The van der Waals surface area contributed by atoms with Gasteiger partial charge >= 0.3 is 0 Å². The molecule has 1 aromatic rings. The molecule has 0 saturated heterocycles. The molecule has 0 spiro atoms. The lowest BCUT2D eigenvalue weighted by molar-refractivity contribution is -0.116. The highest BCUT2D eigenvalue weighted by atomic mass is 16.7. The Bertz CT molecular complexity index is 414. The maximum absolute atomic E-state index is 11.5. The van der Waals surface area contributed by atoms with Gasteiger partial charge in [0.15, 0.2) is 6.79 Å². The van der Waals surface area contributed by atoms with Gasteiger partial charge in [0.1, 0.15) is 5.75 Å². The zero-order valence-electron chi connectivity index (χ0n) is 11.9. The number of hydrogen-bond acceptors (Lipinski definition) is 4. The smallest absolute Gasteiger partial charge is 0.244 e. The second kappa shape index (κ2) is 10.00. The number of rotatable bonds is 9. The van der Waals surface area contributed by atoms with Crippen LogP contribution >= 0.6 is 0 Å². The van der Waals surface area contributed by atoms with E-state index in [0.29, 0.717) is 13.2 Å². The lowest BCUT2D eigenvalue weighted by atomic mass is 10.2. The van der Waals surface area contributed by atoms with Gasteiger partial charge in [-0.1, -0.05) is 12.1 Å². The SMILES string of the molecule is COCCCNC(=O)/C=C/c1ccc(OCOC)cc1. The highest BCUT2D eigenvalue weighted by Crippen LogP contribution is 2.13. The summed E-state index contributed by atoms with van der Waals surface area (Å²) >= 11 is 0. The second-order valence-corrected chi connectivity index (χ2v) is 4.09. The number of carbonyl (C=O) groups excluding carboxylic acids is 1. The van der Waals surface area contributed by atoms with Gasteiger partial charge in [0, 0.05) is 33.4 Å². The van der Waals surface area contributed by atoms with E-state index in [1.54, 1.807) is 20.3 Å². The fraction of sp³-hybridized carbons (Fsp3) is 0.400. The molecule has 0 aliphatic carbocycles. The van der Waals surface area contributed by atoms with Crippen molar-refractivity contribution in [2.75, 3.05) is 34.2 Å². The molecule has 1 aromatic carbocycles. The first kappa shape index (κ1) is 16.2. The van der Waals surface area contributed by atoms with Crippen LogP contribution < -0.4 is 10.1 Å². The maximum Gasteiger partial charge on any atom is 0.244 e. The summed E-state index contributed by atoms with van der Waals surface area (Å²) in [4.78, 5) is 11.5. The molecule has 0 fully saturated rings. The number of nitrogens with one attached hydrogen (secondary N) is 1. The van der Waals surface area contributed by atoms with Gasteiger partial charge in [-0.3, -0.25) is 4.79 Å². The number of methoxy groups -OCH3 is 2. The molecule has 0 bridgehead atoms. The zero-order valence-corrected chi connectivity index (χ0v) is 11.9. The number of amides is 1. The van der Waals surface area contributed by atoms with Crippen molar-refractivity contribution in [3.05, 3.63) is 35.9 Å². The largest absolute Gasteiger partial charge is 0.468 e. The molecule has 0 atom stereocenters. The Morgan fingerprint density at radius 3 is 2.60 bits per heavy atom. The first-order valence-corrected chi connectivity index (χ1v) is 6.43. The van der Waals surface area contributed by atoms with Crippen LogP contribution in [0.2, 0.25) is 0 Å². The van der Waals surface area contributed by atoms with Crippen LogP contribution in [0.3, 0.4) is 0 Å². The highest BCUT2D eigenvalue weighted by molar-refractivity contribution is 5.91. The summed E-state index contributed by atoms with van der Waals surface area (Å²) in [6.45, 7) is 1.48. The van der Waals surface area contributed by atoms with E-state index in [2.05, 4.69) is 5.32 Å². The molecule has 1 N–H and O–H groups in total. The number of hydrogen-bond donors (Lipinski definition) is 1. The van der Waals surface area contributed by atoms with E-state index in [9.17, 15) is 4.79 Å². The molecular weight excluding hydrogens is 258 g/mol. The number of carbonyl (C=O) groups is 1. The molecule has 0 aromatic heterocycles. The third-order valence-corrected chi connectivity index (χ3v) is 2.48. The van der Waals surface area contributed by atoms with E-state index in [-0.39, 0.29) is 12.7 Å². The van der Waals surface area contributed by atoms with E-state index >= 15 is 0 Å². The minimum Gasteiger partial charge on any atom is -0.468 e. The van der Waals surface area contributed by atoms with E-state index in [1.807, 2.05) is 24.3 Å². The Morgan fingerprint density at radius 1 is 1.20 bits per heavy atom. The minimum atomic E-state index is -0.110. The van der Waals surface area contributed by atoms with Crippen LogP contribution in [-0.4, -0.2) is 40.1 Å². The third-order valence-electron chi connectivity index (χ3n) is 2.48. The molecule has 5 nitrogen and oxygen atoms in total. The third kappa shape index (κ3) is 6.92. The fourth-order valence-corrected chi connectivity index (χ4v) is 1.46. The van der Waals surface area contributed by atoms with Crippen LogP contribution in [-0.2, 0) is 14.3 Å². The molecule has 0 heterocycles. The predicted octanol–water partition coefficient (Wildman–Crippen LogP) is 1.84. The lowest BCUT2D eigenvalue weighted by Gasteiger charge is -2.04. The van der Waals surface area contributed by atoms with E-state index < -0.39 is 0 Å². The van der Waals surface area contributed by atoms with Crippen LogP contribution in [0.1, 0.15) is 12.0 Å². The summed E-state index contributed by atoms with van der Waals surface area (Å²) in [5.41, 5.74) is 0.932. The summed E-state index contributed by atoms with van der Waals surface area (Å²) in [5.74, 6) is 0.619. The minimum absolute atomic E-state index is 0.110. The summed E-state index contributed by atoms with van der Waals surface area (Å²) in [7, 11) is 3.21. The van der Waals surface area contributed by atoms with E-state index in [4.69, 9.17) is 14.2 Å². The van der Waals surface area contributed by atoms with Gasteiger partial charge in [-0.2, -0.15) is 0 Å². The highest BCUT2D eigenvalue weighted by Gasteiger charge is 1.96. The topological polar surface area (TPSA) is 56.8 Å². The van der Waals surface area contributed by atoms with Crippen molar-refractivity contribution in [2.24, 2.45) is 0 Å². The Kier molecular flexibility index (Phi) is 8.10. The monoisotopic (exact) mass is 279 g/mol. The van der Waals surface area contributed by atoms with Crippen LogP contribution in [0.5, 0.6) is 5.75 Å². The average Bonchev–Trinajstić information content (AvgIpc) is 2.48. The number of ether oxygens (including phenoxy) is 3. The summed E-state index contributed by atoms with van der Waals surface area (Å²) in [6.07, 6.45) is 4.07. The molecule has 0 radical (unpaired) electrons. The van der Waals surface area contributed by atoms with Crippen molar-refractivity contribution >= 4 is 12.0 Å². The van der Waals surface area contributed by atoms with Gasteiger partial charge in [0.2, 0.25) is 5.91 Å². The van der Waals surface area contributed by atoms with Gasteiger partial charge < -0.3 is 19.5 Å². The molecule has 0 aliphatic heterocycles. The van der Waals surface area contributed by atoms with Gasteiger partial charge in [-0.25, -0.2) is 0 Å². The van der Waals surface area contributed by atoms with Crippen molar-refractivity contribution in [3.63, 3.8) is 0 Å². The Hall–Kier alpha value is -1.85. The predicted molar refractivity (Wildman–Crippen MR) is 77.5 cm³/mol. The van der Waals surface area contributed by atoms with Crippen LogP contribution in [0.15, 0.2) is 30.3 Å². The zero-order chi connectivity index (χ0) is 14.6. The molecule has 1 amide bonds. The van der Waals surface area contributed by atoms with Crippen LogP contribution in [0, 0.1) is 0 Å². The fourth-order valence-electron chi connectivity index (χ4n) is 1.46. The van der Waals surface area contributed by atoms with Crippen molar-refractivity contribution in [3.8, 4) is 5.75 Å². The molecule has 1 rings (SSSR count). The molecule has 0 aliphatic rings. The quantitative estimate of drug-likeness (QED) is 0.426. The Balaban J connectivity index is 2.35. The first-order valence-electron chi connectivity index (χ1n) is 6.43. The standard InChI is InChI=1S/C15H21NO4/c1-18-11-3-10-16-15(17)9-6-13-4-7-14(8-5-13)20-12-19-2/h4-9H,3,10-12H2,1-2H3,(H,16,17)/b9-6+. The van der Waals surface area contributed by atoms with Crippen molar-refractivity contribution in [1.82, 2.24) is 5.32 Å².